The number of para-hydroxylation sites is 1. The fourth-order valence-corrected chi connectivity index (χ4v) is 8.02. The zero-order valence-corrected chi connectivity index (χ0v) is 28.1. The van der Waals surface area contributed by atoms with Crippen LogP contribution in [0.3, 0.4) is 0 Å². The van der Waals surface area contributed by atoms with Gasteiger partial charge in [-0.25, -0.2) is 4.79 Å². The number of halogens is 1. The topological polar surface area (TPSA) is 106 Å². The minimum absolute atomic E-state index is 0.0900. The minimum Gasteiger partial charge on any atom is -0.497 e. The molecule has 0 saturated heterocycles. The smallest absolute Gasteiger partial charge is 0.368 e. The number of carbonyl (C=O) groups is 1. The van der Waals surface area contributed by atoms with Crippen LogP contribution in [-0.4, -0.2) is 57.8 Å². The van der Waals surface area contributed by atoms with E-state index < -0.39 is 28.1 Å². The van der Waals surface area contributed by atoms with E-state index in [0.717, 1.165) is 49.8 Å². The summed E-state index contributed by atoms with van der Waals surface area (Å²) in [6, 6.07) is 20.8. The fourth-order valence-electron chi connectivity index (χ4n) is 5.96. The van der Waals surface area contributed by atoms with E-state index >= 15 is 0 Å². The molecule has 0 unspecified atom stereocenters. The minimum atomic E-state index is -3.73. The third-order valence-corrected chi connectivity index (χ3v) is 10.5. The van der Waals surface area contributed by atoms with Gasteiger partial charge in [0.2, 0.25) is 5.83 Å². The number of hydrogen-bond donors (Lipinski definition) is 3. The lowest BCUT2D eigenvalue weighted by atomic mass is 9.85. The van der Waals surface area contributed by atoms with Crippen LogP contribution in [0.4, 0.5) is 21.5 Å². The summed E-state index contributed by atoms with van der Waals surface area (Å²) in [5.41, 5.74) is 2.22. The molecule has 0 radical (unpaired) electrons. The molecule has 0 aromatic heterocycles. The van der Waals surface area contributed by atoms with Crippen molar-refractivity contribution in [3.63, 3.8) is 0 Å². The van der Waals surface area contributed by atoms with Crippen LogP contribution in [0.5, 0.6) is 11.5 Å². The molecular weight excluding hydrogens is 609 g/mol. The summed E-state index contributed by atoms with van der Waals surface area (Å²) in [6.07, 6.45) is 5.61. The summed E-state index contributed by atoms with van der Waals surface area (Å²) in [5, 5.41) is 9.09. The average Bonchev–Trinajstić information content (AvgIpc) is 3.13. The van der Waals surface area contributed by atoms with Gasteiger partial charge in [-0.1, -0.05) is 69.9 Å². The molecule has 46 heavy (non-hydrogen) atoms. The molecular formula is C35H46FN3O6S. The standard InChI is InChI=1S/C35H46FN3O6S/c1-6-8-19-35(20-9-7-2)25-38(27-13-11-10-12-14-27)31-21-30(37(3)4)32(45-24-29(36)34(40)41)22-33(31)46(42,43)39(35)23-26-15-17-28(44-5)18-16-26/h10-18,21-22,24,42-43H,6-9,19-20,23,25H2,1-5H3,(H,40,41). The number of methoxy groups -OCH3 is 1. The van der Waals surface area contributed by atoms with Gasteiger partial charge in [-0.05, 0) is 48.7 Å². The quantitative estimate of drug-likeness (QED) is 0.116. The Labute approximate surface area is 273 Å². The Morgan fingerprint density at radius 2 is 1.65 bits per heavy atom. The zero-order valence-electron chi connectivity index (χ0n) is 27.3. The highest BCUT2D eigenvalue weighted by molar-refractivity contribution is 8.22. The van der Waals surface area contributed by atoms with Crippen LogP contribution in [0, 0.1) is 0 Å². The van der Waals surface area contributed by atoms with Gasteiger partial charge in [0.1, 0.15) is 16.9 Å². The molecule has 11 heteroatoms. The molecule has 9 nitrogen and oxygen atoms in total. The molecule has 0 aliphatic carbocycles. The molecule has 0 atom stereocenters. The Morgan fingerprint density at radius 1 is 1.02 bits per heavy atom. The van der Waals surface area contributed by atoms with Gasteiger partial charge >= 0.3 is 5.97 Å². The summed E-state index contributed by atoms with van der Waals surface area (Å²) >= 11 is 0. The molecule has 0 bridgehead atoms. The van der Waals surface area contributed by atoms with Crippen molar-refractivity contribution >= 4 is 33.8 Å². The first-order valence-corrected chi connectivity index (χ1v) is 17.1. The Morgan fingerprint density at radius 3 is 2.20 bits per heavy atom. The number of benzene rings is 3. The highest BCUT2D eigenvalue weighted by atomic mass is 32.3. The zero-order chi connectivity index (χ0) is 33.5. The molecule has 250 valence electrons. The van der Waals surface area contributed by atoms with Crippen LogP contribution in [0.1, 0.15) is 57.9 Å². The monoisotopic (exact) mass is 655 g/mol. The van der Waals surface area contributed by atoms with Crippen molar-refractivity contribution in [3.8, 4) is 11.5 Å². The van der Waals surface area contributed by atoms with Crippen molar-refractivity contribution in [2.24, 2.45) is 0 Å². The van der Waals surface area contributed by atoms with Gasteiger partial charge in [-0.2, -0.15) is 8.70 Å². The van der Waals surface area contributed by atoms with Gasteiger partial charge in [0, 0.05) is 38.9 Å². The van der Waals surface area contributed by atoms with Crippen molar-refractivity contribution in [3.05, 3.63) is 84.4 Å². The predicted octanol–water partition coefficient (Wildman–Crippen LogP) is 8.83. The van der Waals surface area contributed by atoms with Crippen molar-refractivity contribution in [2.75, 3.05) is 37.5 Å². The first-order chi connectivity index (χ1) is 22.0. The molecule has 1 aliphatic heterocycles. The molecule has 1 aliphatic rings. The third-order valence-electron chi connectivity index (χ3n) is 8.44. The summed E-state index contributed by atoms with van der Waals surface area (Å²) in [7, 11) is 1.45. The number of unbranched alkanes of at least 4 members (excludes halogenated alkanes) is 2. The summed E-state index contributed by atoms with van der Waals surface area (Å²) in [4.78, 5) is 15.3. The Kier molecular flexibility index (Phi) is 11.6. The largest absolute Gasteiger partial charge is 0.497 e. The van der Waals surface area contributed by atoms with E-state index in [2.05, 4.69) is 18.7 Å². The van der Waals surface area contributed by atoms with Gasteiger partial charge in [0.15, 0.2) is 5.75 Å². The molecule has 3 aromatic rings. The maximum Gasteiger partial charge on any atom is 0.368 e. The first-order valence-electron chi connectivity index (χ1n) is 15.6. The second-order valence-electron chi connectivity index (χ2n) is 11.8. The highest BCUT2D eigenvalue weighted by Crippen LogP contribution is 2.64. The molecule has 0 fully saturated rings. The van der Waals surface area contributed by atoms with Crippen molar-refractivity contribution in [2.45, 2.75) is 69.4 Å². The number of rotatable bonds is 14. The first kappa shape index (κ1) is 35.1. The van der Waals surface area contributed by atoms with Crippen LogP contribution in [0.2, 0.25) is 0 Å². The van der Waals surface area contributed by atoms with Gasteiger partial charge in [0.25, 0.3) is 0 Å². The van der Waals surface area contributed by atoms with Gasteiger partial charge in [-0.3, -0.25) is 9.11 Å². The van der Waals surface area contributed by atoms with Crippen LogP contribution >= 0.6 is 10.8 Å². The number of carboxylic acid groups (broad SMARTS) is 1. The number of hydrogen-bond acceptors (Lipinski definition) is 8. The van der Waals surface area contributed by atoms with E-state index in [0.29, 0.717) is 29.9 Å². The predicted molar refractivity (Wildman–Crippen MR) is 183 cm³/mol. The molecule has 4 rings (SSSR count). The lowest BCUT2D eigenvalue weighted by Crippen LogP contribution is -2.54. The average molecular weight is 656 g/mol. The van der Waals surface area contributed by atoms with E-state index in [1.807, 2.05) is 58.9 Å². The third kappa shape index (κ3) is 7.60. The molecule has 0 amide bonds. The highest BCUT2D eigenvalue weighted by Gasteiger charge is 2.49. The van der Waals surface area contributed by atoms with Gasteiger partial charge < -0.3 is 24.4 Å². The number of anilines is 3. The van der Waals surface area contributed by atoms with Crippen LogP contribution in [0.15, 0.2) is 83.7 Å². The van der Waals surface area contributed by atoms with Crippen LogP contribution in [-0.2, 0) is 11.3 Å². The molecule has 3 aromatic carbocycles. The Bertz CT molecular complexity index is 1490. The molecule has 1 heterocycles. The normalized spacial score (nSPS) is 16.7. The van der Waals surface area contributed by atoms with Gasteiger partial charge in [0.05, 0.1) is 24.0 Å². The summed E-state index contributed by atoms with van der Waals surface area (Å²) < 4.78 is 52.2. The van der Waals surface area contributed by atoms with E-state index in [1.165, 1.54) is 6.07 Å². The molecule has 0 spiro atoms. The number of aliphatic carboxylic acids is 1. The SMILES string of the molecule is CCCCC1(CCCC)CN(c2ccccc2)c2cc(N(C)C)c(OC=C(F)C(=O)O)cc2S(O)(O)N1Cc1ccc(OC)cc1. The van der Waals surface area contributed by atoms with Crippen molar-refractivity contribution in [1.82, 2.24) is 4.31 Å². The molecule has 0 saturated carbocycles. The maximum absolute atomic E-state index is 14.1. The number of ether oxygens (including phenoxy) is 2. The Hall–Kier alpha value is -3.77. The van der Waals surface area contributed by atoms with Crippen molar-refractivity contribution in [1.29, 1.82) is 0 Å². The van der Waals surface area contributed by atoms with E-state index in [9.17, 15) is 18.3 Å². The van der Waals surface area contributed by atoms with E-state index in [-0.39, 0.29) is 17.2 Å². The number of carboxylic acids is 1. The fraction of sp³-hybridized carbons (Fsp3) is 0.400. The van der Waals surface area contributed by atoms with Crippen LogP contribution < -0.4 is 19.3 Å². The summed E-state index contributed by atoms with van der Waals surface area (Å²) in [6.45, 7) is 5.00. The number of fused-ring (bicyclic) bond motifs is 1. The number of nitrogens with zero attached hydrogens (tertiary/aromatic N) is 3. The maximum atomic E-state index is 14.1. The summed E-state index contributed by atoms with van der Waals surface area (Å²) in [5.74, 6) is -2.44. The molecule has 3 N–H and O–H groups in total. The van der Waals surface area contributed by atoms with Gasteiger partial charge in [-0.15, -0.1) is 10.8 Å². The lowest BCUT2D eigenvalue weighted by molar-refractivity contribution is -0.134. The lowest BCUT2D eigenvalue weighted by Gasteiger charge is -2.52. The van der Waals surface area contributed by atoms with E-state index in [1.54, 1.807) is 32.2 Å². The van der Waals surface area contributed by atoms with Crippen molar-refractivity contribution < 1.29 is 32.9 Å². The second kappa shape index (κ2) is 15.2. The van der Waals surface area contributed by atoms with E-state index in [4.69, 9.17) is 14.6 Å². The Balaban J connectivity index is 2.03. The second-order valence-corrected chi connectivity index (χ2v) is 13.7. The van der Waals surface area contributed by atoms with Crippen LogP contribution in [0.25, 0.3) is 0 Å².